The maximum atomic E-state index is 13.8. The zero-order chi connectivity index (χ0) is 25.4. The molecule has 0 unspecified atom stereocenters. The summed E-state index contributed by atoms with van der Waals surface area (Å²) in [5, 5.41) is 0. The Morgan fingerprint density at radius 3 is 2.33 bits per heavy atom. The Kier molecular flexibility index (Phi) is 7.85. The van der Waals surface area contributed by atoms with Crippen LogP contribution in [0, 0.1) is 34.4 Å². The summed E-state index contributed by atoms with van der Waals surface area (Å²) < 4.78 is 38.1. The van der Waals surface area contributed by atoms with Crippen molar-refractivity contribution in [2.75, 3.05) is 26.8 Å². The van der Waals surface area contributed by atoms with E-state index in [1.54, 1.807) is 12.1 Å². The molecule has 0 radical (unpaired) electrons. The number of fused-ring (bicyclic) bond motifs is 5. The van der Waals surface area contributed by atoms with Crippen molar-refractivity contribution in [2.45, 2.75) is 103 Å². The quantitative estimate of drug-likeness (QED) is 0.259. The summed E-state index contributed by atoms with van der Waals surface area (Å²) in [5.74, 6) is 2.17. The lowest BCUT2D eigenvalue weighted by Gasteiger charge is -2.65. The predicted octanol–water partition coefficient (Wildman–Crippen LogP) is 7.46. The minimum absolute atomic E-state index is 0.0318. The molecule has 8 atom stereocenters. The van der Waals surface area contributed by atoms with Crippen LogP contribution in [0.1, 0.15) is 97.0 Å². The number of rotatable bonds is 9. The first kappa shape index (κ1) is 26.6. The second kappa shape index (κ2) is 10.6. The molecule has 5 heteroatoms. The van der Waals surface area contributed by atoms with Crippen molar-refractivity contribution in [3.8, 4) is 0 Å². The minimum atomic E-state index is -0.180. The molecule has 0 saturated heterocycles. The first-order valence-corrected chi connectivity index (χ1v) is 14.5. The fraction of sp³-hybridized carbons (Fsp3) is 0.806. The summed E-state index contributed by atoms with van der Waals surface area (Å²) in [6, 6.07) is 7.28. The molecular weight excluding hydrogens is 455 g/mol. The summed E-state index contributed by atoms with van der Waals surface area (Å²) in [6.45, 7) is 11.3. The van der Waals surface area contributed by atoms with Crippen LogP contribution in [0.4, 0.5) is 4.39 Å². The van der Waals surface area contributed by atoms with E-state index < -0.39 is 0 Å². The third kappa shape index (κ3) is 4.36. The Morgan fingerprint density at radius 2 is 1.58 bits per heavy atom. The summed E-state index contributed by atoms with van der Waals surface area (Å²) in [5.41, 5.74) is 1.46. The van der Waals surface area contributed by atoms with Crippen LogP contribution in [-0.4, -0.2) is 38.5 Å². The van der Waals surface area contributed by atoms with Gasteiger partial charge in [0.25, 0.3) is 0 Å². The van der Waals surface area contributed by atoms with Crippen LogP contribution >= 0.6 is 0 Å². The average molecular weight is 503 g/mol. The van der Waals surface area contributed by atoms with Gasteiger partial charge in [-0.2, -0.15) is 0 Å². The van der Waals surface area contributed by atoms with Crippen LogP contribution in [0.3, 0.4) is 0 Å². The number of ether oxygens (including phenoxy) is 4. The van der Waals surface area contributed by atoms with Crippen LogP contribution in [0.5, 0.6) is 0 Å². The zero-order valence-corrected chi connectivity index (χ0v) is 22.9. The molecule has 0 aliphatic heterocycles. The summed E-state index contributed by atoms with van der Waals surface area (Å²) >= 11 is 0. The molecule has 4 nitrogen and oxygen atoms in total. The molecule has 0 aromatic heterocycles. The second-order valence-electron chi connectivity index (χ2n) is 12.4. The molecule has 4 fully saturated rings. The van der Waals surface area contributed by atoms with Gasteiger partial charge in [0.2, 0.25) is 0 Å². The molecule has 1 aromatic carbocycles. The summed E-state index contributed by atoms with van der Waals surface area (Å²) in [4.78, 5) is 0. The molecule has 5 rings (SSSR count). The fourth-order valence-electron chi connectivity index (χ4n) is 9.34. The molecule has 202 valence electrons. The standard InChI is InChI=1S/C31H47FO4/c1-5-33-20-35-25-13-16-29(3)23(19-25)9-12-28-27(29)14-17-30(4)26(22-7-10-24(32)11-8-22)15-18-31(28,30)36-21-34-6-2/h7-8,10-11,23,25-28H,5-6,9,12-21H2,1-4H3/t23-,25+,26-,27+,28-,29+,30-,31+/m1/s1. The third-order valence-corrected chi connectivity index (χ3v) is 11.2. The van der Waals surface area contributed by atoms with Gasteiger partial charge in [-0.25, -0.2) is 4.39 Å². The largest absolute Gasteiger partial charge is 0.356 e. The van der Waals surface area contributed by atoms with Gasteiger partial charge in [-0.1, -0.05) is 26.0 Å². The van der Waals surface area contributed by atoms with Gasteiger partial charge in [0.15, 0.2) is 0 Å². The van der Waals surface area contributed by atoms with E-state index in [-0.39, 0.29) is 16.8 Å². The Morgan fingerprint density at radius 1 is 0.833 bits per heavy atom. The molecule has 4 aliphatic carbocycles. The van der Waals surface area contributed by atoms with Gasteiger partial charge in [0.1, 0.15) is 19.4 Å². The van der Waals surface area contributed by atoms with Gasteiger partial charge in [-0.15, -0.1) is 0 Å². The van der Waals surface area contributed by atoms with Crippen molar-refractivity contribution < 1.29 is 23.3 Å². The maximum absolute atomic E-state index is 13.8. The van der Waals surface area contributed by atoms with E-state index in [1.165, 1.54) is 31.2 Å². The Labute approximate surface area is 217 Å². The second-order valence-corrected chi connectivity index (χ2v) is 12.4. The SMILES string of the molecule is CCOCO[C@H]1CC[C@@]2(C)[C@H](CC[C@@H]3[C@@H]2CC[C@]2(C)[C@@H](c4ccc(F)cc4)CC[C@]32OCOCC)C1. The number of hydrogen-bond donors (Lipinski definition) is 0. The van der Waals surface area contributed by atoms with Crippen molar-refractivity contribution in [2.24, 2.45) is 28.6 Å². The molecule has 0 spiro atoms. The van der Waals surface area contributed by atoms with Crippen LogP contribution in [0.2, 0.25) is 0 Å². The highest BCUT2D eigenvalue weighted by Crippen LogP contribution is 2.71. The summed E-state index contributed by atoms with van der Waals surface area (Å²) in [6.07, 6.45) is 10.9. The smallest absolute Gasteiger partial charge is 0.147 e. The van der Waals surface area contributed by atoms with E-state index in [0.29, 0.717) is 62.0 Å². The normalized spacial score (nSPS) is 42.0. The Balaban J connectivity index is 1.41. The van der Waals surface area contributed by atoms with Crippen LogP contribution in [0.15, 0.2) is 24.3 Å². The van der Waals surface area contributed by atoms with E-state index in [0.717, 1.165) is 32.1 Å². The summed E-state index contributed by atoms with van der Waals surface area (Å²) in [7, 11) is 0. The predicted molar refractivity (Wildman–Crippen MR) is 139 cm³/mol. The molecule has 4 saturated carbocycles. The maximum Gasteiger partial charge on any atom is 0.147 e. The van der Waals surface area contributed by atoms with Crippen LogP contribution in [0.25, 0.3) is 0 Å². The van der Waals surface area contributed by atoms with Gasteiger partial charge < -0.3 is 18.9 Å². The first-order chi connectivity index (χ1) is 17.4. The third-order valence-electron chi connectivity index (χ3n) is 11.2. The van der Waals surface area contributed by atoms with Gasteiger partial charge in [-0.05, 0) is 118 Å². The number of hydrogen-bond acceptors (Lipinski definition) is 4. The van der Waals surface area contributed by atoms with Gasteiger partial charge in [0, 0.05) is 18.6 Å². The van der Waals surface area contributed by atoms with E-state index >= 15 is 0 Å². The highest BCUT2D eigenvalue weighted by Gasteiger charge is 2.68. The first-order valence-electron chi connectivity index (χ1n) is 14.5. The van der Waals surface area contributed by atoms with Gasteiger partial charge >= 0.3 is 0 Å². The Hall–Kier alpha value is -1.01. The monoisotopic (exact) mass is 502 g/mol. The van der Waals surface area contributed by atoms with Gasteiger partial charge in [0.05, 0.1) is 11.7 Å². The number of benzene rings is 1. The molecular formula is C31H47FO4. The molecule has 1 aromatic rings. The average Bonchev–Trinajstić information content (AvgIpc) is 3.18. The van der Waals surface area contributed by atoms with Crippen LogP contribution < -0.4 is 0 Å². The highest BCUT2D eigenvalue weighted by molar-refractivity contribution is 5.30. The van der Waals surface area contributed by atoms with E-state index in [9.17, 15) is 4.39 Å². The van der Waals surface area contributed by atoms with Crippen molar-refractivity contribution in [1.82, 2.24) is 0 Å². The highest BCUT2D eigenvalue weighted by atomic mass is 19.1. The molecule has 0 bridgehead atoms. The van der Waals surface area contributed by atoms with Crippen molar-refractivity contribution >= 4 is 0 Å². The van der Waals surface area contributed by atoms with Crippen molar-refractivity contribution in [3.05, 3.63) is 35.6 Å². The lowest BCUT2D eigenvalue weighted by Crippen LogP contribution is -2.63. The molecule has 0 heterocycles. The molecule has 4 aliphatic rings. The van der Waals surface area contributed by atoms with Crippen molar-refractivity contribution in [3.63, 3.8) is 0 Å². The van der Waals surface area contributed by atoms with E-state index in [2.05, 4.69) is 13.8 Å². The van der Waals surface area contributed by atoms with Crippen molar-refractivity contribution in [1.29, 1.82) is 0 Å². The van der Waals surface area contributed by atoms with Crippen LogP contribution in [-0.2, 0) is 18.9 Å². The lowest BCUT2D eigenvalue weighted by molar-refractivity contribution is -0.259. The van der Waals surface area contributed by atoms with Gasteiger partial charge in [-0.3, -0.25) is 0 Å². The molecule has 0 N–H and O–H groups in total. The van der Waals surface area contributed by atoms with E-state index in [1.807, 2.05) is 26.0 Å². The van der Waals surface area contributed by atoms with E-state index in [4.69, 9.17) is 18.9 Å². The zero-order valence-electron chi connectivity index (χ0n) is 22.9. The fourth-order valence-corrected chi connectivity index (χ4v) is 9.34. The molecule has 36 heavy (non-hydrogen) atoms. The topological polar surface area (TPSA) is 36.9 Å². The number of halogens is 1. The Bertz CT molecular complexity index is 876. The minimum Gasteiger partial charge on any atom is -0.356 e. The molecule has 0 amide bonds. The lowest BCUT2D eigenvalue weighted by atomic mass is 9.43.